The normalized spacial score (nSPS) is 10.6. The Morgan fingerprint density at radius 3 is 2.78 bits per heavy atom. The third kappa shape index (κ3) is 2.55. The molecule has 0 spiro atoms. The van der Waals surface area contributed by atoms with Gasteiger partial charge in [0.1, 0.15) is 18.7 Å². The predicted octanol–water partition coefficient (Wildman–Crippen LogP) is 0.160. The minimum atomic E-state index is -0.176. The Hall–Kier alpha value is -2.18. The molecule has 0 aliphatic carbocycles. The molecule has 0 aromatic carbocycles. The quantitative estimate of drug-likeness (QED) is 0.834. The first kappa shape index (κ1) is 12.3. The summed E-state index contributed by atoms with van der Waals surface area (Å²) in [5.74, 6) is 1.34. The minimum Gasteiger partial charge on any atom is -0.370 e. The SMILES string of the molecule is CCNc1cc(C)nc(Cn2ncn(C)c2=O)n1. The zero-order valence-electron chi connectivity index (χ0n) is 10.7. The van der Waals surface area contributed by atoms with Crippen LogP contribution in [-0.4, -0.2) is 30.9 Å². The van der Waals surface area contributed by atoms with Crippen molar-refractivity contribution in [2.24, 2.45) is 7.05 Å². The molecule has 0 radical (unpaired) electrons. The number of hydrogen-bond acceptors (Lipinski definition) is 5. The number of rotatable bonds is 4. The topological polar surface area (TPSA) is 77.6 Å². The Bertz CT molecular complexity index is 600. The molecule has 0 unspecified atom stereocenters. The van der Waals surface area contributed by atoms with E-state index in [9.17, 15) is 4.79 Å². The van der Waals surface area contributed by atoms with E-state index >= 15 is 0 Å². The van der Waals surface area contributed by atoms with Crippen LogP contribution in [0.4, 0.5) is 5.82 Å². The molecule has 0 saturated heterocycles. The summed E-state index contributed by atoms with van der Waals surface area (Å²) in [4.78, 5) is 20.3. The maximum Gasteiger partial charge on any atom is 0.345 e. The molecule has 0 amide bonds. The van der Waals surface area contributed by atoms with Crippen LogP contribution in [-0.2, 0) is 13.6 Å². The van der Waals surface area contributed by atoms with E-state index in [1.807, 2.05) is 19.9 Å². The second kappa shape index (κ2) is 4.99. The van der Waals surface area contributed by atoms with Gasteiger partial charge in [-0.2, -0.15) is 5.10 Å². The molecule has 7 nitrogen and oxygen atoms in total. The van der Waals surface area contributed by atoms with Crippen LogP contribution in [0.3, 0.4) is 0 Å². The number of hydrogen-bond donors (Lipinski definition) is 1. The van der Waals surface area contributed by atoms with Crippen molar-refractivity contribution in [1.29, 1.82) is 0 Å². The summed E-state index contributed by atoms with van der Waals surface area (Å²) in [6.07, 6.45) is 1.48. The van der Waals surface area contributed by atoms with Crippen LogP contribution in [0.1, 0.15) is 18.4 Å². The number of aryl methyl sites for hydroxylation is 2. The largest absolute Gasteiger partial charge is 0.370 e. The number of anilines is 1. The van der Waals surface area contributed by atoms with Gasteiger partial charge in [0.2, 0.25) is 0 Å². The van der Waals surface area contributed by atoms with Gasteiger partial charge in [0.25, 0.3) is 0 Å². The van der Waals surface area contributed by atoms with Gasteiger partial charge in [-0.15, -0.1) is 0 Å². The van der Waals surface area contributed by atoms with Crippen LogP contribution in [0.2, 0.25) is 0 Å². The highest BCUT2D eigenvalue weighted by Crippen LogP contribution is 2.06. The van der Waals surface area contributed by atoms with E-state index in [2.05, 4.69) is 20.4 Å². The van der Waals surface area contributed by atoms with Crippen LogP contribution >= 0.6 is 0 Å². The second-order valence-electron chi connectivity index (χ2n) is 4.02. The molecule has 0 aliphatic heterocycles. The maximum atomic E-state index is 11.7. The first-order chi connectivity index (χ1) is 8.60. The molecule has 1 N–H and O–H groups in total. The fourth-order valence-electron chi connectivity index (χ4n) is 1.64. The molecule has 18 heavy (non-hydrogen) atoms. The lowest BCUT2D eigenvalue weighted by molar-refractivity contribution is 0.620. The van der Waals surface area contributed by atoms with Gasteiger partial charge in [-0.3, -0.25) is 4.57 Å². The van der Waals surface area contributed by atoms with Crippen molar-refractivity contribution in [2.75, 3.05) is 11.9 Å². The van der Waals surface area contributed by atoms with Crippen molar-refractivity contribution in [1.82, 2.24) is 24.3 Å². The average molecular weight is 248 g/mol. The Morgan fingerprint density at radius 1 is 1.39 bits per heavy atom. The average Bonchev–Trinajstić information content (AvgIpc) is 2.61. The molecule has 7 heteroatoms. The summed E-state index contributed by atoms with van der Waals surface area (Å²) in [6.45, 7) is 4.97. The molecule has 0 aliphatic rings. The van der Waals surface area contributed by atoms with Crippen LogP contribution in [0.5, 0.6) is 0 Å². The maximum absolute atomic E-state index is 11.7. The van der Waals surface area contributed by atoms with Crippen molar-refractivity contribution in [2.45, 2.75) is 20.4 Å². The zero-order valence-corrected chi connectivity index (χ0v) is 10.7. The van der Waals surface area contributed by atoms with Gasteiger partial charge in [0.05, 0.1) is 0 Å². The van der Waals surface area contributed by atoms with Gasteiger partial charge >= 0.3 is 5.69 Å². The molecule has 0 atom stereocenters. The molecule has 2 aromatic rings. The highest BCUT2D eigenvalue weighted by molar-refractivity contribution is 5.35. The summed E-state index contributed by atoms with van der Waals surface area (Å²) in [7, 11) is 1.66. The summed E-state index contributed by atoms with van der Waals surface area (Å²) < 4.78 is 2.76. The lowest BCUT2D eigenvalue weighted by Gasteiger charge is -2.06. The van der Waals surface area contributed by atoms with Crippen LogP contribution in [0, 0.1) is 6.92 Å². The van der Waals surface area contributed by atoms with Gasteiger partial charge in [0.15, 0.2) is 5.82 Å². The highest BCUT2D eigenvalue weighted by Gasteiger charge is 2.06. The fourth-order valence-corrected chi connectivity index (χ4v) is 1.64. The molecule has 0 bridgehead atoms. The van der Waals surface area contributed by atoms with Gasteiger partial charge in [-0.05, 0) is 13.8 Å². The molecule has 2 aromatic heterocycles. The second-order valence-corrected chi connectivity index (χ2v) is 4.02. The van der Waals surface area contributed by atoms with Gasteiger partial charge in [0, 0.05) is 25.4 Å². The zero-order chi connectivity index (χ0) is 13.1. The molecular formula is C11H16N6O. The standard InChI is InChI=1S/C11H16N6O/c1-4-12-9-5-8(2)14-10(15-9)6-17-11(18)16(3)7-13-17/h5,7H,4,6H2,1-3H3,(H,12,14,15). The van der Waals surface area contributed by atoms with Gasteiger partial charge < -0.3 is 5.32 Å². The van der Waals surface area contributed by atoms with E-state index in [1.165, 1.54) is 15.6 Å². The molecule has 96 valence electrons. The van der Waals surface area contributed by atoms with Crippen LogP contribution in [0.15, 0.2) is 17.2 Å². The van der Waals surface area contributed by atoms with E-state index in [1.54, 1.807) is 7.05 Å². The van der Waals surface area contributed by atoms with Crippen molar-refractivity contribution in [3.63, 3.8) is 0 Å². The number of aromatic nitrogens is 5. The van der Waals surface area contributed by atoms with Crippen molar-refractivity contribution in [3.8, 4) is 0 Å². The summed E-state index contributed by atoms with van der Waals surface area (Å²) in [5, 5.41) is 7.11. The lowest BCUT2D eigenvalue weighted by atomic mass is 10.4. The minimum absolute atomic E-state index is 0.176. The van der Waals surface area contributed by atoms with Crippen LogP contribution in [0.25, 0.3) is 0 Å². The first-order valence-corrected chi connectivity index (χ1v) is 5.77. The van der Waals surface area contributed by atoms with Gasteiger partial charge in [-0.1, -0.05) is 0 Å². The third-order valence-electron chi connectivity index (χ3n) is 2.44. The predicted molar refractivity (Wildman–Crippen MR) is 67.5 cm³/mol. The molecule has 0 saturated carbocycles. The monoisotopic (exact) mass is 248 g/mol. The molecular weight excluding hydrogens is 232 g/mol. The molecule has 0 fully saturated rings. The van der Waals surface area contributed by atoms with Crippen molar-refractivity contribution in [3.05, 3.63) is 34.4 Å². The highest BCUT2D eigenvalue weighted by atomic mass is 16.2. The van der Waals surface area contributed by atoms with E-state index < -0.39 is 0 Å². The van der Waals surface area contributed by atoms with Gasteiger partial charge in [-0.25, -0.2) is 19.4 Å². The number of nitrogens with one attached hydrogen (secondary N) is 1. The van der Waals surface area contributed by atoms with Crippen molar-refractivity contribution < 1.29 is 0 Å². The third-order valence-corrected chi connectivity index (χ3v) is 2.44. The Labute approximate surface area is 105 Å². The van der Waals surface area contributed by atoms with E-state index in [4.69, 9.17) is 0 Å². The van der Waals surface area contributed by atoms with E-state index in [0.717, 1.165) is 18.1 Å². The van der Waals surface area contributed by atoms with E-state index in [-0.39, 0.29) is 12.2 Å². The van der Waals surface area contributed by atoms with Crippen LogP contribution < -0.4 is 11.0 Å². The lowest BCUT2D eigenvalue weighted by Crippen LogP contribution is -2.24. The van der Waals surface area contributed by atoms with Crippen molar-refractivity contribution >= 4 is 5.82 Å². The fraction of sp³-hybridized carbons (Fsp3) is 0.455. The molecule has 2 rings (SSSR count). The summed E-state index contributed by atoms with van der Waals surface area (Å²) in [5.41, 5.74) is 0.685. The Balaban J connectivity index is 2.28. The first-order valence-electron chi connectivity index (χ1n) is 5.77. The molecule has 2 heterocycles. The summed E-state index contributed by atoms with van der Waals surface area (Å²) in [6, 6.07) is 1.87. The summed E-state index contributed by atoms with van der Waals surface area (Å²) >= 11 is 0. The Kier molecular flexibility index (Phi) is 3.40. The van der Waals surface area contributed by atoms with E-state index in [0.29, 0.717) is 5.82 Å². The number of nitrogens with zero attached hydrogens (tertiary/aromatic N) is 5. The Morgan fingerprint density at radius 2 is 2.17 bits per heavy atom. The smallest absolute Gasteiger partial charge is 0.345 e.